The van der Waals surface area contributed by atoms with Crippen molar-refractivity contribution in [2.24, 2.45) is 0 Å². The molecule has 0 heterocycles. The van der Waals surface area contributed by atoms with E-state index in [1.807, 2.05) is 0 Å². The quantitative estimate of drug-likeness (QED) is 0.542. The van der Waals surface area contributed by atoms with Crippen LogP contribution in [-0.2, 0) is 6.54 Å². The van der Waals surface area contributed by atoms with Crippen molar-refractivity contribution in [3.8, 4) is 0 Å². The Morgan fingerprint density at radius 3 is 2.58 bits per heavy atom. The molecule has 1 rings (SSSR count). The largest absolute Gasteiger partial charge is 0.396 e. The van der Waals surface area contributed by atoms with Crippen LogP contribution in [0.2, 0.25) is 0 Å². The summed E-state index contributed by atoms with van der Waals surface area (Å²) in [7, 11) is 0. The summed E-state index contributed by atoms with van der Waals surface area (Å²) in [5.74, 6) is -0.638. The molecule has 0 spiro atoms. The van der Waals surface area contributed by atoms with Crippen LogP contribution in [0, 0.1) is 15.9 Å². The van der Waals surface area contributed by atoms with Gasteiger partial charge < -0.3 is 10.2 Å². The maximum Gasteiger partial charge on any atom is 0.276 e. The minimum atomic E-state index is -0.638. The number of aliphatic hydroxyl groups is 2. The second-order valence-electron chi connectivity index (χ2n) is 4.07. The first-order valence-corrected chi connectivity index (χ1v) is 5.96. The summed E-state index contributed by atoms with van der Waals surface area (Å²) in [4.78, 5) is 11.9. The normalized spacial score (nSPS) is 10.9. The summed E-state index contributed by atoms with van der Waals surface area (Å²) < 4.78 is 13.7. The SMILES string of the molecule is O=[N+]([O-])c1cccc(F)c1CN(CCO)CCCO. The van der Waals surface area contributed by atoms with Gasteiger partial charge in [0.25, 0.3) is 5.69 Å². The lowest BCUT2D eigenvalue weighted by Gasteiger charge is -2.21. The summed E-state index contributed by atoms with van der Waals surface area (Å²) >= 11 is 0. The monoisotopic (exact) mass is 272 g/mol. The van der Waals surface area contributed by atoms with Gasteiger partial charge in [-0.2, -0.15) is 0 Å². The molecule has 0 aliphatic heterocycles. The zero-order valence-electron chi connectivity index (χ0n) is 10.5. The standard InChI is InChI=1S/C12H17FN2O4/c13-11-3-1-4-12(15(18)19)10(11)9-14(6-8-17)5-2-7-16/h1,3-4,16-17H,2,5-9H2. The van der Waals surface area contributed by atoms with E-state index in [0.29, 0.717) is 13.0 Å². The lowest BCUT2D eigenvalue weighted by molar-refractivity contribution is -0.386. The Morgan fingerprint density at radius 2 is 2.00 bits per heavy atom. The molecular formula is C12H17FN2O4. The lowest BCUT2D eigenvalue weighted by atomic mass is 10.1. The molecular weight excluding hydrogens is 255 g/mol. The molecule has 0 amide bonds. The molecule has 0 saturated carbocycles. The number of rotatable bonds is 8. The molecule has 0 bridgehead atoms. The number of nitro benzene ring substituents is 1. The van der Waals surface area contributed by atoms with E-state index in [9.17, 15) is 14.5 Å². The smallest absolute Gasteiger partial charge is 0.276 e. The van der Waals surface area contributed by atoms with E-state index in [0.717, 1.165) is 0 Å². The van der Waals surface area contributed by atoms with E-state index in [-0.39, 0.29) is 37.6 Å². The molecule has 0 aliphatic rings. The van der Waals surface area contributed by atoms with Gasteiger partial charge in [0.05, 0.1) is 17.1 Å². The number of hydrogen-bond acceptors (Lipinski definition) is 5. The third kappa shape index (κ3) is 4.55. The van der Waals surface area contributed by atoms with Crippen LogP contribution in [0.3, 0.4) is 0 Å². The minimum Gasteiger partial charge on any atom is -0.396 e. The first kappa shape index (κ1) is 15.5. The molecule has 2 N–H and O–H groups in total. The maximum atomic E-state index is 13.7. The molecule has 0 aromatic heterocycles. The van der Waals surface area contributed by atoms with Crippen LogP contribution < -0.4 is 0 Å². The molecule has 1 aromatic carbocycles. The Labute approximate surface area is 110 Å². The van der Waals surface area contributed by atoms with Crippen molar-refractivity contribution in [1.29, 1.82) is 0 Å². The van der Waals surface area contributed by atoms with Crippen LogP contribution in [0.15, 0.2) is 18.2 Å². The fourth-order valence-electron chi connectivity index (χ4n) is 1.80. The Morgan fingerprint density at radius 1 is 1.26 bits per heavy atom. The third-order valence-corrected chi connectivity index (χ3v) is 2.72. The Balaban J connectivity index is 2.91. The molecule has 19 heavy (non-hydrogen) atoms. The van der Waals surface area contributed by atoms with Gasteiger partial charge in [-0.15, -0.1) is 0 Å². The molecule has 106 valence electrons. The van der Waals surface area contributed by atoms with Crippen molar-refractivity contribution in [3.05, 3.63) is 39.7 Å². The highest BCUT2D eigenvalue weighted by Crippen LogP contribution is 2.22. The summed E-state index contributed by atoms with van der Waals surface area (Å²) in [5, 5.41) is 28.6. The van der Waals surface area contributed by atoms with E-state index in [1.54, 1.807) is 4.90 Å². The summed E-state index contributed by atoms with van der Waals surface area (Å²) in [5.41, 5.74) is -0.272. The van der Waals surface area contributed by atoms with Crippen LogP contribution >= 0.6 is 0 Å². The molecule has 0 radical (unpaired) electrons. The van der Waals surface area contributed by atoms with Gasteiger partial charge in [-0.3, -0.25) is 15.0 Å². The fourth-order valence-corrected chi connectivity index (χ4v) is 1.80. The van der Waals surface area contributed by atoms with Gasteiger partial charge in [-0.25, -0.2) is 4.39 Å². The van der Waals surface area contributed by atoms with Crippen LogP contribution in [0.25, 0.3) is 0 Å². The van der Waals surface area contributed by atoms with Crippen LogP contribution in [0.4, 0.5) is 10.1 Å². The highest BCUT2D eigenvalue weighted by atomic mass is 19.1. The Bertz CT molecular complexity index is 428. The molecule has 1 aromatic rings. The molecule has 6 nitrogen and oxygen atoms in total. The Hall–Kier alpha value is -1.57. The number of halogens is 1. The van der Waals surface area contributed by atoms with E-state index in [2.05, 4.69) is 0 Å². The van der Waals surface area contributed by atoms with Gasteiger partial charge in [-0.1, -0.05) is 6.07 Å². The maximum absolute atomic E-state index is 13.7. The van der Waals surface area contributed by atoms with Gasteiger partial charge in [-0.05, 0) is 12.5 Å². The minimum absolute atomic E-state index is 0.00103. The summed E-state index contributed by atoms with van der Waals surface area (Å²) in [6, 6.07) is 3.72. The van der Waals surface area contributed by atoms with Crippen LogP contribution in [0.5, 0.6) is 0 Å². The highest BCUT2D eigenvalue weighted by Gasteiger charge is 2.19. The molecule has 0 fully saturated rings. The summed E-state index contributed by atoms with van der Waals surface area (Å²) in [6.07, 6.45) is 0.461. The fraction of sp³-hybridized carbons (Fsp3) is 0.500. The second kappa shape index (κ2) is 7.78. The predicted molar refractivity (Wildman–Crippen MR) is 67.1 cm³/mol. The average Bonchev–Trinajstić information content (AvgIpc) is 2.38. The van der Waals surface area contributed by atoms with Crippen molar-refractivity contribution >= 4 is 5.69 Å². The molecule has 7 heteroatoms. The first-order chi connectivity index (χ1) is 9.10. The van der Waals surface area contributed by atoms with E-state index in [1.165, 1.54) is 18.2 Å². The van der Waals surface area contributed by atoms with Crippen molar-refractivity contribution in [2.75, 3.05) is 26.3 Å². The topological polar surface area (TPSA) is 86.8 Å². The zero-order valence-corrected chi connectivity index (χ0v) is 10.5. The number of hydrogen-bond donors (Lipinski definition) is 2. The first-order valence-electron chi connectivity index (χ1n) is 5.96. The van der Waals surface area contributed by atoms with Crippen molar-refractivity contribution in [1.82, 2.24) is 4.90 Å². The zero-order chi connectivity index (χ0) is 14.3. The highest BCUT2D eigenvalue weighted by molar-refractivity contribution is 5.40. The lowest BCUT2D eigenvalue weighted by Crippen LogP contribution is -2.29. The molecule has 0 saturated heterocycles. The van der Waals surface area contributed by atoms with Gasteiger partial charge in [0.1, 0.15) is 5.82 Å². The van der Waals surface area contributed by atoms with Crippen molar-refractivity contribution in [3.63, 3.8) is 0 Å². The third-order valence-electron chi connectivity index (χ3n) is 2.72. The molecule has 0 atom stereocenters. The number of benzene rings is 1. The number of nitro groups is 1. The van der Waals surface area contributed by atoms with Crippen molar-refractivity contribution < 1.29 is 19.5 Å². The van der Waals surface area contributed by atoms with E-state index < -0.39 is 10.7 Å². The molecule has 0 aliphatic carbocycles. The number of aliphatic hydroxyl groups excluding tert-OH is 2. The molecule has 0 unspecified atom stereocenters. The van der Waals surface area contributed by atoms with Gasteiger partial charge in [0.15, 0.2) is 0 Å². The Kier molecular flexibility index (Phi) is 6.34. The van der Waals surface area contributed by atoms with Crippen LogP contribution in [0.1, 0.15) is 12.0 Å². The van der Waals surface area contributed by atoms with Crippen molar-refractivity contribution in [2.45, 2.75) is 13.0 Å². The van der Waals surface area contributed by atoms with Gasteiger partial charge in [0, 0.05) is 32.3 Å². The summed E-state index contributed by atoms with van der Waals surface area (Å²) in [6.45, 7) is 0.576. The van der Waals surface area contributed by atoms with E-state index >= 15 is 0 Å². The van der Waals surface area contributed by atoms with E-state index in [4.69, 9.17) is 10.2 Å². The van der Waals surface area contributed by atoms with Crippen LogP contribution in [-0.4, -0.2) is 46.3 Å². The number of nitrogens with zero attached hydrogens (tertiary/aromatic N) is 2. The predicted octanol–water partition coefficient (Wildman–Crippen LogP) is 0.911. The average molecular weight is 272 g/mol. The van der Waals surface area contributed by atoms with Gasteiger partial charge >= 0.3 is 0 Å². The van der Waals surface area contributed by atoms with Gasteiger partial charge in [0.2, 0.25) is 0 Å². The second-order valence-corrected chi connectivity index (χ2v) is 4.07.